The highest BCUT2D eigenvalue weighted by molar-refractivity contribution is 5.92. The van der Waals surface area contributed by atoms with Crippen molar-refractivity contribution in [1.29, 1.82) is 0 Å². The van der Waals surface area contributed by atoms with E-state index in [1.165, 1.54) is 0 Å². The second kappa shape index (κ2) is 3.14. The highest BCUT2D eigenvalue weighted by Crippen LogP contribution is 1.96. The van der Waals surface area contributed by atoms with Gasteiger partial charge in [0.25, 0.3) is 5.91 Å². The summed E-state index contributed by atoms with van der Waals surface area (Å²) in [4.78, 5) is 11.1. The second-order valence-corrected chi connectivity index (χ2v) is 2.12. The van der Waals surface area contributed by atoms with E-state index in [2.05, 4.69) is 20.7 Å². The molecule has 0 aliphatic rings. The van der Waals surface area contributed by atoms with E-state index < -0.39 is 0 Å². The fourth-order valence-electron chi connectivity index (χ4n) is 0.743. The highest BCUT2D eigenvalue weighted by Gasteiger charge is 2.10. The number of amides is 1. The van der Waals surface area contributed by atoms with Crippen LogP contribution in [0.15, 0.2) is 0 Å². The molecule has 0 aliphatic carbocycles. The summed E-state index contributed by atoms with van der Waals surface area (Å²) in [6.45, 7) is 4.19. The molecule has 1 amide bonds. The zero-order chi connectivity index (χ0) is 8.27. The molecule has 0 saturated carbocycles. The molecule has 5 heteroatoms. The summed E-state index contributed by atoms with van der Waals surface area (Å²) < 4.78 is 0. The van der Waals surface area contributed by atoms with Gasteiger partial charge in [0.15, 0.2) is 5.69 Å². The maximum atomic E-state index is 11.1. The van der Waals surface area contributed by atoms with Crippen molar-refractivity contribution in [2.45, 2.75) is 13.8 Å². The fourth-order valence-corrected chi connectivity index (χ4v) is 0.743. The monoisotopic (exact) mass is 154 g/mol. The van der Waals surface area contributed by atoms with Crippen LogP contribution in [0.5, 0.6) is 0 Å². The highest BCUT2D eigenvalue weighted by atomic mass is 16.1. The molecule has 0 aliphatic heterocycles. The van der Waals surface area contributed by atoms with Gasteiger partial charge in [0.2, 0.25) is 0 Å². The molecule has 1 heterocycles. The van der Waals surface area contributed by atoms with Gasteiger partial charge in [0, 0.05) is 6.54 Å². The molecule has 0 saturated heterocycles. The number of aromatic nitrogens is 3. The van der Waals surface area contributed by atoms with Crippen LogP contribution in [0.2, 0.25) is 0 Å². The number of hydrogen-bond acceptors (Lipinski definition) is 3. The minimum atomic E-state index is -0.182. The van der Waals surface area contributed by atoms with Crippen LogP contribution in [0.1, 0.15) is 23.1 Å². The van der Waals surface area contributed by atoms with Crippen LogP contribution >= 0.6 is 0 Å². The van der Waals surface area contributed by atoms with Crippen LogP contribution in [-0.4, -0.2) is 27.9 Å². The SMILES string of the molecule is CCNC(=O)c1n[nH]nc1C. The van der Waals surface area contributed by atoms with Gasteiger partial charge in [-0.3, -0.25) is 4.79 Å². The van der Waals surface area contributed by atoms with Crippen molar-refractivity contribution in [3.8, 4) is 0 Å². The molecule has 0 bridgehead atoms. The Morgan fingerprint density at radius 3 is 2.82 bits per heavy atom. The third-order valence-corrected chi connectivity index (χ3v) is 1.27. The van der Waals surface area contributed by atoms with Gasteiger partial charge < -0.3 is 5.32 Å². The second-order valence-electron chi connectivity index (χ2n) is 2.12. The van der Waals surface area contributed by atoms with Crippen molar-refractivity contribution in [2.75, 3.05) is 6.54 Å². The number of rotatable bonds is 2. The van der Waals surface area contributed by atoms with Crippen molar-refractivity contribution >= 4 is 5.91 Å². The molecular weight excluding hydrogens is 144 g/mol. The Balaban J connectivity index is 2.76. The molecule has 0 spiro atoms. The van der Waals surface area contributed by atoms with Crippen LogP contribution in [0, 0.1) is 6.92 Å². The molecule has 60 valence electrons. The van der Waals surface area contributed by atoms with E-state index in [0.29, 0.717) is 17.9 Å². The first-order valence-electron chi connectivity index (χ1n) is 3.41. The lowest BCUT2D eigenvalue weighted by molar-refractivity contribution is 0.0950. The molecule has 0 radical (unpaired) electrons. The molecule has 0 fully saturated rings. The van der Waals surface area contributed by atoms with Gasteiger partial charge in [0.05, 0.1) is 5.69 Å². The summed E-state index contributed by atoms with van der Waals surface area (Å²) in [5, 5.41) is 12.4. The van der Waals surface area contributed by atoms with Gasteiger partial charge in [-0.2, -0.15) is 15.4 Å². The van der Waals surface area contributed by atoms with Crippen molar-refractivity contribution < 1.29 is 4.79 Å². The predicted octanol–water partition coefficient (Wildman–Crippen LogP) is -0.137. The van der Waals surface area contributed by atoms with Crippen molar-refractivity contribution in [2.24, 2.45) is 0 Å². The van der Waals surface area contributed by atoms with Crippen molar-refractivity contribution in [3.05, 3.63) is 11.4 Å². The zero-order valence-corrected chi connectivity index (χ0v) is 6.51. The standard InChI is InChI=1S/C6H10N4O/c1-3-7-6(11)5-4(2)8-10-9-5/h3H2,1-2H3,(H,7,11)(H,8,9,10). The molecule has 1 aromatic heterocycles. The van der Waals surface area contributed by atoms with Gasteiger partial charge in [-0.25, -0.2) is 0 Å². The molecule has 0 aromatic carbocycles. The Morgan fingerprint density at radius 1 is 1.64 bits per heavy atom. The largest absolute Gasteiger partial charge is 0.351 e. The first-order chi connectivity index (χ1) is 5.25. The molecule has 1 aromatic rings. The van der Waals surface area contributed by atoms with E-state index in [-0.39, 0.29) is 5.91 Å². The molecule has 0 unspecified atom stereocenters. The number of carbonyl (C=O) groups is 1. The number of nitrogens with one attached hydrogen (secondary N) is 2. The summed E-state index contributed by atoms with van der Waals surface area (Å²) in [7, 11) is 0. The molecular formula is C6H10N4O. The Bertz CT molecular complexity index is 255. The van der Waals surface area contributed by atoms with Crippen LogP contribution in [0.3, 0.4) is 0 Å². The van der Waals surface area contributed by atoms with Crippen LogP contribution in [0.25, 0.3) is 0 Å². The molecule has 0 atom stereocenters. The lowest BCUT2D eigenvalue weighted by Crippen LogP contribution is -2.23. The number of aryl methyl sites for hydroxylation is 1. The molecule has 5 nitrogen and oxygen atoms in total. The van der Waals surface area contributed by atoms with Crippen LogP contribution in [0.4, 0.5) is 0 Å². The molecule has 1 rings (SSSR count). The lowest BCUT2D eigenvalue weighted by Gasteiger charge is -1.96. The van der Waals surface area contributed by atoms with Gasteiger partial charge in [-0.1, -0.05) is 0 Å². The van der Waals surface area contributed by atoms with E-state index in [0.717, 1.165) is 0 Å². The number of hydrogen-bond donors (Lipinski definition) is 2. The topological polar surface area (TPSA) is 70.7 Å². The van der Waals surface area contributed by atoms with Gasteiger partial charge in [-0.15, -0.1) is 0 Å². The third-order valence-electron chi connectivity index (χ3n) is 1.27. The van der Waals surface area contributed by atoms with Gasteiger partial charge >= 0.3 is 0 Å². The zero-order valence-electron chi connectivity index (χ0n) is 6.51. The Labute approximate surface area is 64.2 Å². The van der Waals surface area contributed by atoms with Crippen LogP contribution < -0.4 is 5.32 Å². The molecule has 2 N–H and O–H groups in total. The minimum Gasteiger partial charge on any atom is -0.351 e. The summed E-state index contributed by atoms with van der Waals surface area (Å²) >= 11 is 0. The maximum absolute atomic E-state index is 11.1. The predicted molar refractivity (Wildman–Crippen MR) is 39.1 cm³/mol. The number of carbonyl (C=O) groups excluding carboxylic acids is 1. The fraction of sp³-hybridized carbons (Fsp3) is 0.500. The number of nitrogens with zero attached hydrogens (tertiary/aromatic N) is 2. The Hall–Kier alpha value is -1.39. The van der Waals surface area contributed by atoms with Crippen molar-refractivity contribution in [3.63, 3.8) is 0 Å². The van der Waals surface area contributed by atoms with E-state index in [1.54, 1.807) is 6.92 Å². The van der Waals surface area contributed by atoms with Gasteiger partial charge in [0.1, 0.15) is 0 Å². The van der Waals surface area contributed by atoms with E-state index in [9.17, 15) is 4.79 Å². The average Bonchev–Trinajstić information content (AvgIpc) is 2.36. The van der Waals surface area contributed by atoms with E-state index in [4.69, 9.17) is 0 Å². The minimum absolute atomic E-state index is 0.182. The Kier molecular flexibility index (Phi) is 2.20. The average molecular weight is 154 g/mol. The first kappa shape index (κ1) is 7.71. The first-order valence-corrected chi connectivity index (χ1v) is 3.41. The number of aromatic amines is 1. The summed E-state index contributed by atoms with van der Waals surface area (Å²) in [5.41, 5.74) is 0.989. The lowest BCUT2D eigenvalue weighted by atomic mass is 10.3. The third kappa shape index (κ3) is 1.54. The molecule has 11 heavy (non-hydrogen) atoms. The Morgan fingerprint density at radius 2 is 2.36 bits per heavy atom. The summed E-state index contributed by atoms with van der Waals surface area (Å²) in [5.74, 6) is -0.182. The quantitative estimate of drug-likeness (QED) is 0.623. The summed E-state index contributed by atoms with van der Waals surface area (Å²) in [6.07, 6.45) is 0. The normalized spacial score (nSPS) is 9.64. The van der Waals surface area contributed by atoms with E-state index >= 15 is 0 Å². The smallest absolute Gasteiger partial charge is 0.273 e. The maximum Gasteiger partial charge on any atom is 0.273 e. The number of H-pyrrole nitrogens is 1. The van der Waals surface area contributed by atoms with Crippen LogP contribution in [-0.2, 0) is 0 Å². The van der Waals surface area contributed by atoms with Gasteiger partial charge in [-0.05, 0) is 13.8 Å². The van der Waals surface area contributed by atoms with E-state index in [1.807, 2.05) is 6.92 Å². The van der Waals surface area contributed by atoms with Crippen molar-refractivity contribution in [1.82, 2.24) is 20.7 Å². The summed E-state index contributed by atoms with van der Waals surface area (Å²) in [6, 6.07) is 0.